The number of ether oxygens (including phenoxy) is 1. The lowest BCUT2D eigenvalue weighted by Gasteiger charge is -2.14. The average molecular weight is 248 g/mol. The van der Waals surface area contributed by atoms with Gasteiger partial charge < -0.3 is 4.74 Å². The van der Waals surface area contributed by atoms with Crippen LogP contribution >= 0.6 is 0 Å². The molecule has 1 aliphatic carbocycles. The monoisotopic (exact) mass is 248 g/mol. The van der Waals surface area contributed by atoms with Crippen LogP contribution in [0.2, 0.25) is 0 Å². The van der Waals surface area contributed by atoms with Crippen molar-refractivity contribution in [2.75, 3.05) is 7.11 Å². The molecule has 2 aromatic rings. The predicted octanol–water partition coefficient (Wildman–Crippen LogP) is 3.60. The molecular formula is C18H16O. The van der Waals surface area contributed by atoms with Crippen LogP contribution in [0.1, 0.15) is 17.5 Å². The van der Waals surface area contributed by atoms with E-state index in [1.165, 1.54) is 5.56 Å². The van der Waals surface area contributed by atoms with Crippen LogP contribution in [0, 0.1) is 17.8 Å². The Hall–Kier alpha value is -2.04. The van der Waals surface area contributed by atoms with Gasteiger partial charge in [-0.3, -0.25) is 0 Å². The van der Waals surface area contributed by atoms with Gasteiger partial charge in [0, 0.05) is 12.7 Å². The van der Waals surface area contributed by atoms with Crippen LogP contribution in [-0.4, -0.2) is 7.11 Å². The molecule has 0 heterocycles. The van der Waals surface area contributed by atoms with Gasteiger partial charge in [-0.25, -0.2) is 0 Å². The maximum atomic E-state index is 5.73. The number of hydrogen-bond donors (Lipinski definition) is 0. The molecule has 1 fully saturated rings. The predicted molar refractivity (Wildman–Crippen MR) is 76.6 cm³/mol. The first kappa shape index (κ1) is 12.0. The van der Waals surface area contributed by atoms with Gasteiger partial charge in [0.15, 0.2) is 0 Å². The fraction of sp³-hybridized carbons (Fsp3) is 0.222. The molecule has 1 saturated carbocycles. The van der Waals surface area contributed by atoms with Crippen molar-refractivity contribution in [2.24, 2.45) is 5.92 Å². The Bertz CT molecular complexity index is 606. The van der Waals surface area contributed by atoms with Gasteiger partial charge in [0.25, 0.3) is 0 Å². The summed E-state index contributed by atoms with van der Waals surface area (Å²) in [6.45, 7) is 0. The maximum absolute atomic E-state index is 5.73. The summed E-state index contributed by atoms with van der Waals surface area (Å²) in [6.07, 6.45) is 0.980. The second-order valence-electron chi connectivity index (χ2n) is 4.85. The summed E-state index contributed by atoms with van der Waals surface area (Å²) >= 11 is 0. The Kier molecular flexibility index (Phi) is 3.11. The van der Waals surface area contributed by atoms with Gasteiger partial charge in [0.1, 0.15) is 5.60 Å². The molecule has 0 N–H and O–H groups in total. The number of methoxy groups -OCH3 is 1. The van der Waals surface area contributed by atoms with Gasteiger partial charge in [-0.15, -0.1) is 0 Å². The van der Waals surface area contributed by atoms with Crippen molar-refractivity contribution >= 4 is 0 Å². The summed E-state index contributed by atoms with van der Waals surface area (Å²) in [5, 5.41) is 0. The molecule has 0 saturated heterocycles. The van der Waals surface area contributed by atoms with Gasteiger partial charge in [-0.2, -0.15) is 0 Å². The first-order valence-electron chi connectivity index (χ1n) is 6.52. The lowest BCUT2D eigenvalue weighted by molar-refractivity contribution is 0.0705. The van der Waals surface area contributed by atoms with Crippen LogP contribution in [0.3, 0.4) is 0 Å². The highest BCUT2D eigenvalue weighted by Gasteiger charge is 2.55. The van der Waals surface area contributed by atoms with Crippen molar-refractivity contribution in [3.63, 3.8) is 0 Å². The molecule has 3 rings (SSSR count). The molecule has 19 heavy (non-hydrogen) atoms. The van der Waals surface area contributed by atoms with E-state index < -0.39 is 0 Å². The van der Waals surface area contributed by atoms with Gasteiger partial charge in [0.05, 0.1) is 5.92 Å². The topological polar surface area (TPSA) is 9.23 Å². The molecule has 1 aliphatic rings. The van der Waals surface area contributed by atoms with E-state index in [1.54, 1.807) is 7.11 Å². The van der Waals surface area contributed by atoms with Crippen molar-refractivity contribution in [2.45, 2.75) is 12.0 Å². The summed E-state index contributed by atoms with van der Waals surface area (Å²) < 4.78 is 5.73. The minimum atomic E-state index is -0.191. The van der Waals surface area contributed by atoms with Gasteiger partial charge >= 0.3 is 0 Å². The van der Waals surface area contributed by atoms with E-state index in [4.69, 9.17) is 4.74 Å². The first-order chi connectivity index (χ1) is 9.35. The Balaban J connectivity index is 1.81. The third-order valence-electron chi connectivity index (χ3n) is 3.70. The largest absolute Gasteiger partial charge is 0.372 e. The van der Waals surface area contributed by atoms with Gasteiger partial charge in [0.2, 0.25) is 0 Å². The SMILES string of the molecule is COC1(c2ccccc2)CC1C#Cc1ccccc1. The highest BCUT2D eigenvalue weighted by Crippen LogP contribution is 2.54. The molecular weight excluding hydrogens is 232 g/mol. The molecule has 94 valence electrons. The van der Waals surface area contributed by atoms with Crippen molar-refractivity contribution < 1.29 is 4.74 Å². The van der Waals surface area contributed by atoms with Crippen molar-refractivity contribution in [1.82, 2.24) is 0 Å². The smallest absolute Gasteiger partial charge is 0.108 e. The quantitative estimate of drug-likeness (QED) is 0.738. The highest BCUT2D eigenvalue weighted by molar-refractivity contribution is 5.40. The van der Waals surface area contributed by atoms with Crippen LogP contribution in [-0.2, 0) is 10.3 Å². The first-order valence-corrected chi connectivity index (χ1v) is 6.52. The summed E-state index contributed by atoms with van der Waals surface area (Å²) in [4.78, 5) is 0. The Labute approximate surface area is 114 Å². The Morgan fingerprint density at radius 3 is 2.26 bits per heavy atom. The van der Waals surface area contributed by atoms with E-state index in [0.717, 1.165) is 12.0 Å². The molecule has 0 aliphatic heterocycles. The molecule has 1 heteroatoms. The lowest BCUT2D eigenvalue weighted by atomic mass is 10.1. The minimum Gasteiger partial charge on any atom is -0.372 e. The molecule has 0 bridgehead atoms. The van der Waals surface area contributed by atoms with E-state index in [9.17, 15) is 0 Å². The molecule has 2 unspecified atom stereocenters. The second kappa shape index (κ2) is 4.91. The minimum absolute atomic E-state index is 0.191. The van der Waals surface area contributed by atoms with Crippen LogP contribution in [0.5, 0.6) is 0 Å². The van der Waals surface area contributed by atoms with E-state index in [1.807, 2.05) is 36.4 Å². The van der Waals surface area contributed by atoms with Gasteiger partial charge in [-0.1, -0.05) is 60.4 Å². The maximum Gasteiger partial charge on any atom is 0.108 e. The summed E-state index contributed by atoms with van der Waals surface area (Å²) in [5.41, 5.74) is 2.10. The highest BCUT2D eigenvalue weighted by atomic mass is 16.5. The van der Waals surface area contributed by atoms with Crippen LogP contribution in [0.4, 0.5) is 0 Å². The molecule has 1 nitrogen and oxygen atoms in total. The van der Waals surface area contributed by atoms with E-state index >= 15 is 0 Å². The second-order valence-corrected chi connectivity index (χ2v) is 4.85. The van der Waals surface area contributed by atoms with Crippen LogP contribution in [0.15, 0.2) is 60.7 Å². The standard InChI is InChI=1S/C18H16O/c1-19-18(16-10-6-3-7-11-16)14-17(18)13-12-15-8-4-2-5-9-15/h2-11,17H,14H2,1H3. The summed E-state index contributed by atoms with van der Waals surface area (Å²) in [7, 11) is 1.77. The fourth-order valence-electron chi connectivity index (χ4n) is 2.49. The lowest BCUT2D eigenvalue weighted by Crippen LogP contribution is -2.11. The molecule has 2 atom stereocenters. The molecule has 0 radical (unpaired) electrons. The third-order valence-corrected chi connectivity index (χ3v) is 3.70. The zero-order chi connectivity index (χ0) is 13.1. The average Bonchev–Trinajstić information content (AvgIpc) is 3.22. The zero-order valence-electron chi connectivity index (χ0n) is 11.0. The van der Waals surface area contributed by atoms with Crippen molar-refractivity contribution in [3.8, 4) is 11.8 Å². The Morgan fingerprint density at radius 1 is 1.00 bits per heavy atom. The van der Waals surface area contributed by atoms with E-state index in [-0.39, 0.29) is 5.60 Å². The molecule has 0 amide bonds. The third kappa shape index (κ3) is 2.28. The summed E-state index contributed by atoms with van der Waals surface area (Å²) in [6, 6.07) is 20.5. The number of benzene rings is 2. The van der Waals surface area contributed by atoms with Gasteiger partial charge in [-0.05, 0) is 24.1 Å². The number of rotatable bonds is 2. The van der Waals surface area contributed by atoms with E-state index in [0.29, 0.717) is 5.92 Å². The number of hydrogen-bond acceptors (Lipinski definition) is 1. The molecule has 0 aromatic heterocycles. The molecule has 2 aromatic carbocycles. The van der Waals surface area contributed by atoms with Crippen LogP contribution in [0.25, 0.3) is 0 Å². The normalized spacial score (nSPS) is 24.4. The Morgan fingerprint density at radius 2 is 1.63 bits per heavy atom. The van der Waals surface area contributed by atoms with Crippen molar-refractivity contribution in [3.05, 3.63) is 71.8 Å². The van der Waals surface area contributed by atoms with Crippen LogP contribution < -0.4 is 0 Å². The van der Waals surface area contributed by atoms with E-state index in [2.05, 4.69) is 36.1 Å². The summed E-state index contributed by atoms with van der Waals surface area (Å²) in [5.74, 6) is 6.87. The molecule has 0 spiro atoms. The zero-order valence-corrected chi connectivity index (χ0v) is 11.0. The van der Waals surface area contributed by atoms with Crippen molar-refractivity contribution in [1.29, 1.82) is 0 Å². The fourth-order valence-corrected chi connectivity index (χ4v) is 2.49.